The number of carbonyl (C=O) groups excluding carboxylic acids is 1. The second-order valence-corrected chi connectivity index (χ2v) is 9.84. The highest BCUT2D eigenvalue weighted by Gasteiger charge is 2.38. The van der Waals surface area contributed by atoms with E-state index in [-0.39, 0.29) is 17.2 Å². The molecule has 0 fully saturated rings. The van der Waals surface area contributed by atoms with Gasteiger partial charge in [0, 0.05) is 17.7 Å². The quantitative estimate of drug-likeness (QED) is 0.605. The van der Waals surface area contributed by atoms with E-state index < -0.39 is 0 Å². The Kier molecular flexibility index (Phi) is 4.80. The van der Waals surface area contributed by atoms with Gasteiger partial charge in [0.25, 0.3) is 0 Å². The molecule has 4 rings (SSSR count). The summed E-state index contributed by atoms with van der Waals surface area (Å²) in [4.78, 5) is 13.3. The molecule has 1 heterocycles. The van der Waals surface area contributed by atoms with Gasteiger partial charge in [0.2, 0.25) is 0 Å². The summed E-state index contributed by atoms with van der Waals surface area (Å²) >= 11 is 0. The number of hydrogen-bond acceptors (Lipinski definition) is 3. The van der Waals surface area contributed by atoms with Crippen molar-refractivity contribution in [1.29, 1.82) is 0 Å². The zero-order chi connectivity index (χ0) is 20.9. The van der Waals surface area contributed by atoms with Crippen LogP contribution < -0.4 is 10.6 Å². The maximum atomic E-state index is 13.3. The first kappa shape index (κ1) is 19.8. The molecular weight excluding hydrogens is 356 g/mol. The lowest BCUT2D eigenvalue weighted by Gasteiger charge is -2.34. The van der Waals surface area contributed by atoms with Gasteiger partial charge in [-0.1, -0.05) is 52.0 Å². The SMILES string of the molecule is Cc1cc2c(cc1C)N[C@@H](c1ccc(C(C)C)cc1)C1=C(CC(C)(C)CC1=O)N2. The van der Waals surface area contributed by atoms with Crippen molar-refractivity contribution in [1.82, 2.24) is 0 Å². The average molecular weight is 389 g/mol. The Morgan fingerprint density at radius 2 is 1.59 bits per heavy atom. The summed E-state index contributed by atoms with van der Waals surface area (Å²) in [7, 11) is 0. The molecule has 0 amide bonds. The highest BCUT2D eigenvalue weighted by molar-refractivity contribution is 6.01. The third-order valence-corrected chi connectivity index (χ3v) is 6.36. The first-order valence-electron chi connectivity index (χ1n) is 10.7. The molecule has 3 nitrogen and oxygen atoms in total. The fraction of sp³-hybridized carbons (Fsp3) is 0.423. The molecule has 2 aromatic rings. The summed E-state index contributed by atoms with van der Waals surface area (Å²) in [5, 5.41) is 7.35. The molecule has 1 aliphatic heterocycles. The van der Waals surface area contributed by atoms with Gasteiger partial charge in [-0.05, 0) is 66.0 Å². The van der Waals surface area contributed by atoms with Crippen molar-refractivity contribution in [2.24, 2.45) is 5.41 Å². The van der Waals surface area contributed by atoms with Gasteiger partial charge in [0.15, 0.2) is 5.78 Å². The number of hydrogen-bond donors (Lipinski definition) is 2. The topological polar surface area (TPSA) is 41.1 Å². The summed E-state index contributed by atoms with van der Waals surface area (Å²) in [5.41, 5.74) is 9.02. The van der Waals surface area contributed by atoms with E-state index in [0.29, 0.717) is 12.3 Å². The van der Waals surface area contributed by atoms with Crippen LogP contribution in [0.25, 0.3) is 0 Å². The summed E-state index contributed by atoms with van der Waals surface area (Å²) < 4.78 is 0. The Morgan fingerprint density at radius 3 is 2.21 bits per heavy atom. The predicted octanol–water partition coefficient (Wildman–Crippen LogP) is 6.65. The van der Waals surface area contributed by atoms with Crippen LogP contribution in [-0.2, 0) is 4.79 Å². The van der Waals surface area contributed by atoms with E-state index in [9.17, 15) is 4.79 Å². The van der Waals surface area contributed by atoms with Crippen LogP contribution >= 0.6 is 0 Å². The van der Waals surface area contributed by atoms with E-state index in [1.54, 1.807) is 0 Å². The van der Waals surface area contributed by atoms with Crippen molar-refractivity contribution in [3.8, 4) is 0 Å². The van der Waals surface area contributed by atoms with E-state index in [2.05, 4.69) is 88.6 Å². The van der Waals surface area contributed by atoms with Gasteiger partial charge in [-0.2, -0.15) is 0 Å². The number of nitrogens with one attached hydrogen (secondary N) is 2. The number of Topliss-reactive ketones (excluding diaryl/α,β-unsaturated/α-hetero) is 1. The minimum Gasteiger partial charge on any atom is -0.372 e. The van der Waals surface area contributed by atoms with E-state index in [4.69, 9.17) is 0 Å². The number of ketones is 1. The molecular formula is C26H32N2O. The van der Waals surface area contributed by atoms with E-state index in [0.717, 1.165) is 34.6 Å². The smallest absolute Gasteiger partial charge is 0.163 e. The van der Waals surface area contributed by atoms with Gasteiger partial charge in [-0.25, -0.2) is 0 Å². The van der Waals surface area contributed by atoms with Crippen LogP contribution in [0.3, 0.4) is 0 Å². The third kappa shape index (κ3) is 3.71. The Morgan fingerprint density at radius 1 is 0.966 bits per heavy atom. The zero-order valence-corrected chi connectivity index (χ0v) is 18.4. The number of aryl methyl sites for hydroxylation is 2. The Balaban J connectivity index is 1.86. The fourth-order valence-corrected chi connectivity index (χ4v) is 4.53. The Bertz CT molecular complexity index is 996. The Hall–Kier alpha value is -2.55. The summed E-state index contributed by atoms with van der Waals surface area (Å²) in [6, 6.07) is 13.0. The molecule has 0 bridgehead atoms. The molecule has 3 heteroatoms. The minimum absolute atomic E-state index is 0.0286. The van der Waals surface area contributed by atoms with Crippen LogP contribution in [0.4, 0.5) is 11.4 Å². The van der Waals surface area contributed by atoms with Gasteiger partial charge < -0.3 is 10.6 Å². The molecule has 152 valence electrons. The van der Waals surface area contributed by atoms with Crippen molar-refractivity contribution >= 4 is 17.2 Å². The van der Waals surface area contributed by atoms with Crippen molar-refractivity contribution in [2.75, 3.05) is 10.6 Å². The summed E-state index contributed by atoms with van der Waals surface area (Å²) in [5.74, 6) is 0.737. The molecule has 29 heavy (non-hydrogen) atoms. The second-order valence-electron chi connectivity index (χ2n) is 9.84. The predicted molar refractivity (Wildman–Crippen MR) is 121 cm³/mol. The van der Waals surface area contributed by atoms with Gasteiger partial charge in [-0.15, -0.1) is 0 Å². The highest BCUT2D eigenvalue weighted by atomic mass is 16.1. The van der Waals surface area contributed by atoms with Crippen LogP contribution in [0.2, 0.25) is 0 Å². The minimum atomic E-state index is -0.134. The number of rotatable bonds is 2. The van der Waals surface area contributed by atoms with Crippen molar-refractivity contribution in [2.45, 2.75) is 66.3 Å². The largest absolute Gasteiger partial charge is 0.372 e. The number of allylic oxidation sites excluding steroid dienone is 1. The molecule has 2 aromatic carbocycles. The third-order valence-electron chi connectivity index (χ3n) is 6.36. The van der Waals surface area contributed by atoms with Gasteiger partial charge in [0.1, 0.15) is 0 Å². The van der Waals surface area contributed by atoms with Crippen LogP contribution in [0.5, 0.6) is 0 Å². The molecule has 2 N–H and O–H groups in total. The molecule has 1 aliphatic carbocycles. The van der Waals surface area contributed by atoms with E-state index in [1.165, 1.54) is 16.7 Å². The Labute approximate surface area is 174 Å². The van der Waals surface area contributed by atoms with E-state index in [1.807, 2.05) is 0 Å². The van der Waals surface area contributed by atoms with E-state index >= 15 is 0 Å². The van der Waals surface area contributed by atoms with Crippen molar-refractivity contribution < 1.29 is 4.79 Å². The zero-order valence-electron chi connectivity index (χ0n) is 18.4. The number of fused-ring (bicyclic) bond motifs is 1. The molecule has 0 unspecified atom stereocenters. The van der Waals surface area contributed by atoms with Gasteiger partial charge >= 0.3 is 0 Å². The highest BCUT2D eigenvalue weighted by Crippen LogP contribution is 2.46. The van der Waals surface area contributed by atoms with Crippen molar-refractivity contribution in [3.63, 3.8) is 0 Å². The molecule has 0 spiro atoms. The average Bonchev–Trinajstić information content (AvgIpc) is 2.78. The maximum Gasteiger partial charge on any atom is 0.163 e. The lowest BCUT2D eigenvalue weighted by Crippen LogP contribution is -2.31. The monoisotopic (exact) mass is 388 g/mol. The molecule has 1 atom stereocenters. The summed E-state index contributed by atoms with van der Waals surface area (Å²) in [6.07, 6.45) is 1.47. The number of anilines is 2. The molecule has 0 saturated heterocycles. The lowest BCUT2D eigenvalue weighted by atomic mass is 9.73. The molecule has 0 aromatic heterocycles. The van der Waals surface area contributed by atoms with Crippen LogP contribution in [0.1, 0.15) is 74.8 Å². The number of benzene rings is 2. The van der Waals surface area contributed by atoms with Gasteiger partial charge in [0.05, 0.1) is 17.4 Å². The normalized spacial score (nSPS) is 20.5. The molecule has 0 saturated carbocycles. The number of carbonyl (C=O) groups is 1. The van der Waals surface area contributed by atoms with Crippen LogP contribution in [-0.4, -0.2) is 5.78 Å². The van der Waals surface area contributed by atoms with Crippen LogP contribution in [0, 0.1) is 19.3 Å². The fourth-order valence-electron chi connectivity index (χ4n) is 4.53. The standard InChI is InChI=1S/C26H32N2O/c1-15(2)18-7-9-19(10-8-18)25-24-22(13-26(5,6)14-23(24)29)27-20-11-16(3)17(4)12-21(20)28-25/h7-12,15,25,27-28H,13-14H2,1-6H3/t25-/m0/s1. The van der Waals surface area contributed by atoms with Crippen LogP contribution in [0.15, 0.2) is 47.7 Å². The van der Waals surface area contributed by atoms with Gasteiger partial charge in [-0.3, -0.25) is 4.79 Å². The first-order chi connectivity index (χ1) is 13.6. The second kappa shape index (κ2) is 7.05. The lowest BCUT2D eigenvalue weighted by molar-refractivity contribution is -0.118. The summed E-state index contributed by atoms with van der Waals surface area (Å²) in [6.45, 7) is 13.0. The molecule has 2 aliphatic rings. The molecule has 0 radical (unpaired) electrons. The first-order valence-corrected chi connectivity index (χ1v) is 10.7. The van der Waals surface area contributed by atoms with Crippen molar-refractivity contribution in [3.05, 3.63) is 69.9 Å². The maximum absolute atomic E-state index is 13.3.